The summed E-state index contributed by atoms with van der Waals surface area (Å²) < 4.78 is 15.1. The Kier molecular flexibility index (Phi) is 5.53. The molecule has 1 N–H and O–H groups in total. The van der Waals surface area contributed by atoms with Crippen LogP contribution in [0.1, 0.15) is 30.1 Å². The summed E-state index contributed by atoms with van der Waals surface area (Å²) >= 11 is -0.0498. The minimum absolute atomic E-state index is 0.0498. The smallest absolute Gasteiger partial charge is 0.228 e. The van der Waals surface area contributed by atoms with Crippen LogP contribution in [0.25, 0.3) is 5.52 Å². The average molecular weight is 460 g/mol. The van der Waals surface area contributed by atoms with E-state index >= 15 is 0 Å². The van der Waals surface area contributed by atoms with E-state index in [4.69, 9.17) is 10.5 Å². The Labute approximate surface area is 192 Å². The number of hydrogen-bond donors (Lipinski definition) is 1. The van der Waals surface area contributed by atoms with Crippen molar-refractivity contribution in [2.45, 2.75) is 25.7 Å². The zero-order valence-corrected chi connectivity index (χ0v) is 19.7. The minimum atomic E-state index is -0.140. The highest BCUT2D eigenvalue weighted by molar-refractivity contribution is 8.09. The summed E-state index contributed by atoms with van der Waals surface area (Å²) in [5, 5.41) is 12.7. The van der Waals surface area contributed by atoms with Crippen LogP contribution in [0, 0.1) is 18.3 Å². The average Bonchev–Trinajstić information content (AvgIpc) is 3.55. The second kappa shape index (κ2) is 8.22. The van der Waals surface area contributed by atoms with E-state index in [2.05, 4.69) is 21.9 Å². The van der Waals surface area contributed by atoms with Gasteiger partial charge in [0, 0.05) is 63.6 Å². The second-order valence-electron chi connectivity index (χ2n) is 9.33. The monoisotopic (exact) mass is 459 g/mol. The Morgan fingerprint density at radius 1 is 1.22 bits per heavy atom. The number of nitrogens with one attached hydrogen (secondary N) is 1. The third-order valence-electron chi connectivity index (χ3n) is 6.94. The van der Waals surface area contributed by atoms with Gasteiger partial charge in [0.1, 0.15) is 12.1 Å². The molecule has 32 heavy (non-hydrogen) atoms. The molecule has 8 nitrogen and oxygen atoms in total. The summed E-state index contributed by atoms with van der Waals surface area (Å²) in [6.07, 6.45) is 2.17. The molecule has 1 amide bonds. The number of pyridine rings is 1. The van der Waals surface area contributed by atoms with Gasteiger partial charge >= 0.3 is 0 Å². The fourth-order valence-corrected chi connectivity index (χ4v) is 5.10. The van der Waals surface area contributed by atoms with E-state index in [1.807, 2.05) is 23.4 Å². The highest BCUT2D eigenvalue weighted by atomic mass is 32.2. The highest BCUT2D eigenvalue weighted by Gasteiger charge is 2.35. The predicted molar refractivity (Wildman–Crippen MR) is 127 cm³/mol. The molecule has 0 unspecified atom stereocenters. The van der Waals surface area contributed by atoms with Gasteiger partial charge in [-0.1, -0.05) is 0 Å². The number of anilines is 2. The van der Waals surface area contributed by atoms with Gasteiger partial charge in [0.15, 0.2) is 5.17 Å². The molecule has 10 heteroatoms. The van der Waals surface area contributed by atoms with Gasteiger partial charge in [0.2, 0.25) is 5.91 Å². The largest absolute Gasteiger partial charge is 0.368 e. The Balaban J connectivity index is 1.40. The molecular weight excluding hydrogens is 429 g/mol. The third-order valence-corrected chi connectivity index (χ3v) is 7.36. The zero-order valence-electron chi connectivity index (χ0n) is 18.8. The molecular formula is C22H30FN7OS. The number of carbonyl (C=O) groups is 1. The number of halogens is 1. The van der Waals surface area contributed by atoms with Gasteiger partial charge in [-0.25, -0.2) is 4.52 Å². The van der Waals surface area contributed by atoms with E-state index in [0.717, 1.165) is 80.4 Å². The summed E-state index contributed by atoms with van der Waals surface area (Å²) in [5.41, 5.74) is 4.78. The maximum atomic E-state index is 13.2. The van der Waals surface area contributed by atoms with Crippen molar-refractivity contribution in [3.8, 4) is 0 Å². The molecule has 4 heterocycles. The predicted octanol–water partition coefficient (Wildman–Crippen LogP) is 2.72. The first-order chi connectivity index (χ1) is 15.4. The number of fused-ring (bicyclic) bond motifs is 1. The van der Waals surface area contributed by atoms with Gasteiger partial charge in [0.25, 0.3) is 0 Å². The number of nitrogens with zero attached hydrogens (tertiary/aromatic N) is 6. The van der Waals surface area contributed by atoms with E-state index in [1.165, 1.54) is 0 Å². The number of amidine groups is 1. The van der Waals surface area contributed by atoms with Crippen LogP contribution in [0.3, 0.4) is 0 Å². The van der Waals surface area contributed by atoms with Crippen molar-refractivity contribution in [3.05, 3.63) is 23.5 Å². The van der Waals surface area contributed by atoms with E-state index in [1.54, 1.807) is 11.9 Å². The van der Waals surface area contributed by atoms with Crippen molar-refractivity contribution in [1.82, 2.24) is 19.4 Å². The van der Waals surface area contributed by atoms with Crippen molar-refractivity contribution < 1.29 is 8.68 Å². The molecule has 3 aliphatic rings. The van der Waals surface area contributed by atoms with Crippen LogP contribution in [-0.4, -0.2) is 83.9 Å². The van der Waals surface area contributed by atoms with E-state index in [0.29, 0.717) is 5.92 Å². The van der Waals surface area contributed by atoms with Crippen molar-refractivity contribution in [1.29, 1.82) is 5.41 Å². The first-order valence-corrected chi connectivity index (χ1v) is 12.0. The van der Waals surface area contributed by atoms with Crippen molar-refractivity contribution in [3.63, 3.8) is 0 Å². The summed E-state index contributed by atoms with van der Waals surface area (Å²) in [7, 11) is 3.78. The Morgan fingerprint density at radius 2 is 1.91 bits per heavy atom. The molecule has 0 bridgehead atoms. The second-order valence-corrected chi connectivity index (χ2v) is 9.87. The van der Waals surface area contributed by atoms with Gasteiger partial charge < -0.3 is 19.6 Å². The topological polar surface area (TPSA) is 71.2 Å². The molecule has 2 saturated heterocycles. The first-order valence-electron chi connectivity index (χ1n) is 11.2. The maximum Gasteiger partial charge on any atom is 0.228 e. The summed E-state index contributed by atoms with van der Waals surface area (Å²) in [6, 6.07) is 4.24. The lowest BCUT2D eigenvalue weighted by atomic mass is 9.99. The fraction of sp³-hybridized carbons (Fsp3) is 0.591. The molecule has 5 rings (SSSR count). The SMILES string of the molecule is Cc1cc(N2CCN(C(=O)C3CN(C)C3)CC2)cc2c(N(C)C(=N)SF)c(C3CC3)nn12. The molecule has 1 saturated carbocycles. The maximum absolute atomic E-state index is 13.2. The number of hydrogen-bond acceptors (Lipinski definition) is 6. The van der Waals surface area contributed by atoms with Crippen molar-refractivity contribution in [2.75, 3.05) is 63.2 Å². The van der Waals surface area contributed by atoms with Crippen molar-refractivity contribution >= 4 is 40.1 Å². The molecule has 2 aromatic heterocycles. The Morgan fingerprint density at radius 3 is 2.50 bits per heavy atom. The number of aryl methyl sites for hydroxylation is 1. The van der Waals surface area contributed by atoms with Crippen LogP contribution in [0.4, 0.5) is 15.3 Å². The molecule has 2 aliphatic heterocycles. The normalized spacial score (nSPS) is 20.0. The molecule has 0 spiro atoms. The Bertz CT molecular complexity index is 1050. The molecule has 0 radical (unpaired) electrons. The minimum Gasteiger partial charge on any atom is -0.368 e. The van der Waals surface area contributed by atoms with Gasteiger partial charge in [-0.15, -0.1) is 0 Å². The molecule has 0 aromatic carbocycles. The van der Waals surface area contributed by atoms with Gasteiger partial charge in [0.05, 0.1) is 22.8 Å². The van der Waals surface area contributed by atoms with Crippen LogP contribution in [0.5, 0.6) is 0 Å². The van der Waals surface area contributed by atoms with Crippen LogP contribution in [-0.2, 0) is 4.79 Å². The lowest BCUT2D eigenvalue weighted by Gasteiger charge is -2.42. The number of likely N-dealkylation sites (tertiary alicyclic amines) is 1. The molecule has 0 atom stereocenters. The zero-order chi connectivity index (χ0) is 22.6. The van der Waals surface area contributed by atoms with Crippen LogP contribution >= 0.6 is 12.1 Å². The van der Waals surface area contributed by atoms with Gasteiger partial charge in [-0.05, 0) is 38.9 Å². The van der Waals surface area contributed by atoms with Gasteiger partial charge in [-0.2, -0.15) is 8.98 Å². The van der Waals surface area contributed by atoms with Gasteiger partial charge in [-0.3, -0.25) is 10.2 Å². The summed E-state index contributed by atoms with van der Waals surface area (Å²) in [4.78, 5) is 20.8. The quantitative estimate of drug-likeness (QED) is 0.560. The van der Waals surface area contributed by atoms with Crippen LogP contribution in [0.15, 0.2) is 12.1 Å². The highest BCUT2D eigenvalue weighted by Crippen LogP contribution is 2.46. The number of piperazine rings is 1. The van der Waals surface area contributed by atoms with E-state index < -0.39 is 0 Å². The first kappa shape index (κ1) is 21.5. The number of amides is 1. The summed E-state index contributed by atoms with van der Waals surface area (Å²) in [5.74, 6) is 0.817. The number of carbonyl (C=O) groups excluding carboxylic acids is 1. The molecule has 3 fully saturated rings. The fourth-order valence-electron chi connectivity index (χ4n) is 4.91. The molecule has 2 aromatic rings. The van der Waals surface area contributed by atoms with E-state index in [9.17, 15) is 8.68 Å². The third kappa shape index (κ3) is 3.73. The summed E-state index contributed by atoms with van der Waals surface area (Å²) in [6.45, 7) is 6.79. The van der Waals surface area contributed by atoms with E-state index in [-0.39, 0.29) is 29.1 Å². The van der Waals surface area contributed by atoms with Crippen molar-refractivity contribution in [2.24, 2.45) is 5.92 Å². The standard InChI is InChI=1S/C22H30FN7OS/c1-14-10-17(28-6-8-29(9-7-28)21(31)16-12-26(2)13-16)11-18-20(27(3)22(24)32-23)19(15-4-5-15)25-30(14)18/h10-11,15-16,24H,4-9,12-13H2,1-3H3. The Hall–Kier alpha value is -2.33. The van der Waals surface area contributed by atoms with Crippen LogP contribution < -0.4 is 9.80 Å². The van der Waals surface area contributed by atoms with Crippen LogP contribution in [0.2, 0.25) is 0 Å². The lowest BCUT2D eigenvalue weighted by Crippen LogP contribution is -2.56. The molecule has 1 aliphatic carbocycles. The molecule has 172 valence electrons. The lowest BCUT2D eigenvalue weighted by molar-refractivity contribution is -0.140. The number of rotatable bonds is 4. The number of aromatic nitrogens is 2.